The van der Waals surface area contributed by atoms with E-state index in [1.807, 2.05) is 24.3 Å². The summed E-state index contributed by atoms with van der Waals surface area (Å²) in [7, 11) is 0. The van der Waals surface area contributed by atoms with Crippen LogP contribution in [0.15, 0.2) is 46.9 Å². The Balaban J connectivity index is 1.85. The van der Waals surface area contributed by atoms with Crippen LogP contribution in [0.4, 0.5) is 0 Å². The number of rotatable bonds is 3. The van der Waals surface area contributed by atoms with E-state index in [1.165, 1.54) is 0 Å². The van der Waals surface area contributed by atoms with Crippen molar-refractivity contribution in [1.82, 2.24) is 10.2 Å². The Bertz CT molecular complexity index is 843. The highest BCUT2D eigenvalue weighted by atomic mass is 35.5. The first kappa shape index (κ1) is 15.1. The summed E-state index contributed by atoms with van der Waals surface area (Å²) < 4.78 is 5.57. The minimum Gasteiger partial charge on any atom is -0.417 e. The third kappa shape index (κ3) is 3.33. The van der Waals surface area contributed by atoms with Crippen molar-refractivity contribution >= 4 is 47.0 Å². The summed E-state index contributed by atoms with van der Waals surface area (Å²) in [6, 6.07) is 12.5. The third-order valence-electron chi connectivity index (χ3n) is 2.91. The lowest BCUT2D eigenvalue weighted by Crippen LogP contribution is -1.78. The van der Waals surface area contributed by atoms with Crippen molar-refractivity contribution < 1.29 is 4.42 Å². The van der Waals surface area contributed by atoms with E-state index in [1.54, 1.807) is 30.4 Å². The molecule has 0 atom stereocenters. The Morgan fingerprint density at radius 3 is 2.45 bits per heavy atom. The van der Waals surface area contributed by atoms with Gasteiger partial charge in [-0.05, 0) is 35.9 Å². The van der Waals surface area contributed by atoms with E-state index in [2.05, 4.69) is 10.2 Å². The lowest BCUT2D eigenvalue weighted by atomic mass is 10.2. The van der Waals surface area contributed by atoms with Crippen molar-refractivity contribution in [3.8, 4) is 11.5 Å². The Hall–Kier alpha value is -1.81. The number of benzene rings is 2. The average molecular weight is 352 g/mol. The Kier molecular flexibility index (Phi) is 4.48. The van der Waals surface area contributed by atoms with E-state index in [9.17, 15) is 0 Å². The van der Waals surface area contributed by atoms with Crippen molar-refractivity contribution in [3.05, 3.63) is 69.0 Å². The first-order valence-corrected chi connectivity index (χ1v) is 7.48. The second-order valence-corrected chi connectivity index (χ2v) is 5.68. The van der Waals surface area contributed by atoms with Gasteiger partial charge in [-0.3, -0.25) is 0 Å². The highest BCUT2D eigenvalue weighted by molar-refractivity contribution is 6.35. The number of hydrogen-bond donors (Lipinski definition) is 0. The summed E-state index contributed by atoms with van der Waals surface area (Å²) in [6.45, 7) is 0. The summed E-state index contributed by atoms with van der Waals surface area (Å²) in [5.41, 5.74) is 1.50. The van der Waals surface area contributed by atoms with E-state index < -0.39 is 0 Å². The molecule has 0 spiro atoms. The van der Waals surface area contributed by atoms with Gasteiger partial charge in [0.05, 0.1) is 10.6 Å². The van der Waals surface area contributed by atoms with Crippen LogP contribution in [0.5, 0.6) is 0 Å². The molecule has 22 heavy (non-hydrogen) atoms. The molecule has 0 aliphatic rings. The lowest BCUT2D eigenvalue weighted by molar-refractivity contribution is 0.558. The molecule has 0 saturated heterocycles. The van der Waals surface area contributed by atoms with Crippen LogP contribution < -0.4 is 0 Å². The van der Waals surface area contributed by atoms with Crippen molar-refractivity contribution in [1.29, 1.82) is 0 Å². The van der Waals surface area contributed by atoms with Crippen LogP contribution in [0.25, 0.3) is 23.6 Å². The molecule has 0 amide bonds. The summed E-state index contributed by atoms with van der Waals surface area (Å²) in [4.78, 5) is 0. The first-order valence-electron chi connectivity index (χ1n) is 6.35. The standard InChI is InChI=1S/C16H9Cl3N2O/c17-11-7-5-10(14(19)9-11)6-8-15-20-21-16(22-15)12-3-1-2-4-13(12)18/h1-9H/b8-6+. The van der Waals surface area contributed by atoms with Crippen LogP contribution in [-0.4, -0.2) is 10.2 Å². The zero-order valence-corrected chi connectivity index (χ0v) is 13.4. The first-order chi connectivity index (χ1) is 10.6. The zero-order chi connectivity index (χ0) is 15.5. The highest BCUT2D eigenvalue weighted by Gasteiger charge is 2.09. The fourth-order valence-corrected chi connectivity index (χ4v) is 2.53. The van der Waals surface area contributed by atoms with E-state index in [0.29, 0.717) is 32.4 Å². The van der Waals surface area contributed by atoms with Gasteiger partial charge in [0.15, 0.2) is 0 Å². The molecule has 2 aromatic carbocycles. The van der Waals surface area contributed by atoms with E-state index in [-0.39, 0.29) is 0 Å². The SMILES string of the molecule is Clc1ccc(/C=C/c2nnc(-c3ccccc3Cl)o2)c(Cl)c1. The second kappa shape index (κ2) is 6.53. The number of halogens is 3. The molecule has 3 nitrogen and oxygen atoms in total. The van der Waals surface area contributed by atoms with Gasteiger partial charge in [0.1, 0.15) is 0 Å². The maximum absolute atomic E-state index is 6.10. The molecular formula is C16H9Cl3N2O. The molecule has 0 saturated carbocycles. The number of aromatic nitrogens is 2. The second-order valence-electron chi connectivity index (χ2n) is 4.42. The van der Waals surface area contributed by atoms with Crippen molar-refractivity contribution in [2.45, 2.75) is 0 Å². The van der Waals surface area contributed by atoms with Gasteiger partial charge in [0.2, 0.25) is 11.8 Å². The molecule has 0 aliphatic heterocycles. The van der Waals surface area contributed by atoms with Gasteiger partial charge in [-0.15, -0.1) is 10.2 Å². The molecule has 110 valence electrons. The molecule has 0 N–H and O–H groups in total. The molecule has 3 rings (SSSR count). The summed E-state index contributed by atoms with van der Waals surface area (Å²) >= 11 is 18.1. The minimum absolute atomic E-state index is 0.362. The predicted molar refractivity (Wildman–Crippen MR) is 90.1 cm³/mol. The molecule has 1 aromatic heterocycles. The third-order valence-corrected chi connectivity index (χ3v) is 3.80. The molecule has 0 fully saturated rings. The van der Waals surface area contributed by atoms with Crippen LogP contribution in [0.2, 0.25) is 15.1 Å². The Morgan fingerprint density at radius 1 is 0.864 bits per heavy atom. The van der Waals surface area contributed by atoms with Crippen LogP contribution in [0.1, 0.15) is 11.5 Å². The quantitative estimate of drug-likeness (QED) is 0.592. The predicted octanol–water partition coefficient (Wildman–Crippen LogP) is 5.87. The van der Waals surface area contributed by atoms with E-state index >= 15 is 0 Å². The highest BCUT2D eigenvalue weighted by Crippen LogP contribution is 2.27. The molecule has 0 radical (unpaired) electrons. The van der Waals surface area contributed by atoms with Gasteiger partial charge < -0.3 is 4.42 Å². The maximum atomic E-state index is 6.10. The fraction of sp³-hybridized carbons (Fsp3) is 0. The van der Waals surface area contributed by atoms with Gasteiger partial charge >= 0.3 is 0 Å². The van der Waals surface area contributed by atoms with Gasteiger partial charge in [-0.2, -0.15) is 0 Å². The van der Waals surface area contributed by atoms with E-state index in [0.717, 1.165) is 5.56 Å². The van der Waals surface area contributed by atoms with Crippen LogP contribution in [0.3, 0.4) is 0 Å². The smallest absolute Gasteiger partial charge is 0.249 e. The fourth-order valence-electron chi connectivity index (χ4n) is 1.84. The van der Waals surface area contributed by atoms with Crippen LogP contribution in [0, 0.1) is 0 Å². The van der Waals surface area contributed by atoms with Gasteiger partial charge in [0, 0.05) is 16.1 Å². The van der Waals surface area contributed by atoms with Crippen molar-refractivity contribution in [2.24, 2.45) is 0 Å². The Morgan fingerprint density at radius 2 is 1.68 bits per heavy atom. The minimum atomic E-state index is 0.362. The summed E-state index contributed by atoms with van der Waals surface area (Å²) in [5, 5.41) is 9.65. The van der Waals surface area contributed by atoms with E-state index in [4.69, 9.17) is 39.2 Å². The molecule has 0 bridgehead atoms. The number of nitrogens with zero attached hydrogens (tertiary/aromatic N) is 2. The van der Waals surface area contributed by atoms with Crippen LogP contribution in [-0.2, 0) is 0 Å². The monoisotopic (exact) mass is 350 g/mol. The maximum Gasteiger partial charge on any atom is 0.249 e. The summed E-state index contributed by atoms with van der Waals surface area (Å²) in [5.74, 6) is 0.730. The van der Waals surface area contributed by atoms with Crippen molar-refractivity contribution in [3.63, 3.8) is 0 Å². The zero-order valence-electron chi connectivity index (χ0n) is 11.1. The van der Waals surface area contributed by atoms with Gasteiger partial charge in [-0.25, -0.2) is 0 Å². The van der Waals surface area contributed by atoms with Gasteiger partial charge in [0.25, 0.3) is 0 Å². The average Bonchev–Trinajstić information content (AvgIpc) is 2.95. The normalized spacial score (nSPS) is 11.2. The molecule has 0 aliphatic carbocycles. The molecule has 6 heteroatoms. The largest absolute Gasteiger partial charge is 0.417 e. The van der Waals surface area contributed by atoms with Gasteiger partial charge in [-0.1, -0.05) is 53.0 Å². The molecule has 1 heterocycles. The molecule has 0 unspecified atom stereocenters. The lowest BCUT2D eigenvalue weighted by Gasteiger charge is -1.97. The topological polar surface area (TPSA) is 38.9 Å². The summed E-state index contributed by atoms with van der Waals surface area (Å²) in [6.07, 6.45) is 3.46. The number of hydrogen-bond acceptors (Lipinski definition) is 3. The van der Waals surface area contributed by atoms with Crippen LogP contribution >= 0.6 is 34.8 Å². The molecular weight excluding hydrogens is 343 g/mol. The molecule has 3 aromatic rings. The Labute approximate surface area is 142 Å². The van der Waals surface area contributed by atoms with Crippen molar-refractivity contribution in [2.75, 3.05) is 0 Å².